The van der Waals surface area contributed by atoms with E-state index in [1.54, 1.807) is 40.9 Å². The number of amides is 1. The van der Waals surface area contributed by atoms with Crippen LogP contribution in [0, 0.1) is 0 Å². The fraction of sp³-hybridized carbons (Fsp3) is 0.300. The van der Waals surface area contributed by atoms with Crippen LogP contribution in [0.4, 0.5) is 5.13 Å². The molecule has 4 nitrogen and oxygen atoms in total. The second-order valence-electron chi connectivity index (χ2n) is 6.36. The topological polar surface area (TPSA) is 42.4 Å². The molecule has 27 heavy (non-hydrogen) atoms. The zero-order valence-electron chi connectivity index (χ0n) is 14.9. The molecule has 0 aliphatic carbocycles. The molecule has 1 unspecified atom stereocenters. The van der Waals surface area contributed by atoms with Gasteiger partial charge >= 0.3 is 0 Å². The maximum absolute atomic E-state index is 13.3. The van der Waals surface area contributed by atoms with Crippen molar-refractivity contribution in [2.75, 3.05) is 24.3 Å². The molecule has 1 aromatic heterocycles. The summed E-state index contributed by atoms with van der Waals surface area (Å²) in [7, 11) is 0. The van der Waals surface area contributed by atoms with Crippen molar-refractivity contribution < 1.29 is 9.53 Å². The highest BCUT2D eigenvalue weighted by Gasteiger charge is 2.27. The summed E-state index contributed by atoms with van der Waals surface area (Å²) in [5, 5.41) is 1.25. The van der Waals surface area contributed by atoms with Crippen LogP contribution in [0.5, 0.6) is 0 Å². The van der Waals surface area contributed by atoms with Crippen LogP contribution in [-0.4, -0.2) is 36.4 Å². The molecule has 0 N–H and O–H groups in total. The molecule has 4 rings (SSSR count). The number of aromatic nitrogens is 1. The van der Waals surface area contributed by atoms with Crippen molar-refractivity contribution in [2.24, 2.45) is 0 Å². The molecule has 2 aromatic carbocycles. The van der Waals surface area contributed by atoms with E-state index in [1.165, 1.54) is 11.3 Å². The molecule has 1 fully saturated rings. The SMILES string of the molecule is CSc1cccc2sc(N(CC3CCCO3)C(=O)c3cccc(Cl)c3)nc12. The molecule has 1 aliphatic heterocycles. The number of carbonyl (C=O) groups excluding carboxylic acids is 1. The summed E-state index contributed by atoms with van der Waals surface area (Å²) < 4.78 is 6.86. The predicted octanol–water partition coefficient (Wildman–Crippen LogP) is 5.50. The standard InChI is InChI=1S/C20H19ClN2O2S2/c1-26-16-8-3-9-17-18(16)22-20(27-17)23(12-15-7-4-10-25-15)19(24)13-5-2-6-14(21)11-13/h2-3,5-6,8-9,11,15H,4,7,10,12H2,1H3. The van der Waals surface area contributed by atoms with Gasteiger partial charge in [-0.3, -0.25) is 9.69 Å². The highest BCUT2D eigenvalue weighted by Crippen LogP contribution is 2.35. The first-order valence-electron chi connectivity index (χ1n) is 8.78. The highest BCUT2D eigenvalue weighted by molar-refractivity contribution is 7.98. The molecule has 3 aromatic rings. The van der Waals surface area contributed by atoms with E-state index in [9.17, 15) is 4.79 Å². The van der Waals surface area contributed by atoms with Gasteiger partial charge in [0.15, 0.2) is 5.13 Å². The Bertz CT molecular complexity index is 970. The second kappa shape index (κ2) is 8.19. The summed E-state index contributed by atoms with van der Waals surface area (Å²) in [5.41, 5.74) is 1.51. The molecule has 0 saturated carbocycles. The van der Waals surface area contributed by atoms with Gasteiger partial charge in [0, 0.05) is 22.1 Å². The molecular formula is C20H19ClN2O2S2. The number of thioether (sulfide) groups is 1. The first-order valence-corrected chi connectivity index (χ1v) is 11.2. The number of fused-ring (bicyclic) bond motifs is 1. The molecule has 1 amide bonds. The van der Waals surface area contributed by atoms with Crippen LogP contribution in [0.15, 0.2) is 47.4 Å². The first-order chi connectivity index (χ1) is 13.2. The van der Waals surface area contributed by atoms with Crippen molar-refractivity contribution >= 4 is 56.0 Å². The van der Waals surface area contributed by atoms with Crippen LogP contribution < -0.4 is 4.90 Å². The van der Waals surface area contributed by atoms with Crippen molar-refractivity contribution in [2.45, 2.75) is 23.8 Å². The number of benzene rings is 2. The largest absolute Gasteiger partial charge is 0.376 e. The number of halogens is 1. The van der Waals surface area contributed by atoms with E-state index in [2.05, 4.69) is 6.07 Å². The second-order valence-corrected chi connectivity index (χ2v) is 8.66. The average molecular weight is 419 g/mol. The summed E-state index contributed by atoms with van der Waals surface area (Å²) >= 11 is 9.30. The quantitative estimate of drug-likeness (QED) is 0.513. The molecular weight excluding hydrogens is 400 g/mol. The minimum absolute atomic E-state index is 0.0418. The third-order valence-electron chi connectivity index (χ3n) is 4.55. The van der Waals surface area contributed by atoms with Crippen LogP contribution in [0.3, 0.4) is 0 Å². The Morgan fingerprint density at radius 2 is 2.22 bits per heavy atom. The average Bonchev–Trinajstić information content (AvgIpc) is 3.34. The summed E-state index contributed by atoms with van der Waals surface area (Å²) in [4.78, 5) is 21.0. The molecule has 7 heteroatoms. The van der Waals surface area contributed by atoms with Crippen molar-refractivity contribution in [1.29, 1.82) is 0 Å². The number of thiazole rings is 1. The van der Waals surface area contributed by atoms with Gasteiger partial charge in [-0.2, -0.15) is 0 Å². The number of carbonyl (C=O) groups is 1. The minimum atomic E-state index is -0.0993. The number of ether oxygens (including phenoxy) is 1. The molecule has 0 spiro atoms. The maximum atomic E-state index is 13.3. The summed E-state index contributed by atoms with van der Waals surface area (Å²) in [6, 6.07) is 13.2. The van der Waals surface area contributed by atoms with E-state index in [0.717, 1.165) is 34.6 Å². The van der Waals surface area contributed by atoms with E-state index >= 15 is 0 Å². The Balaban J connectivity index is 1.74. The van der Waals surface area contributed by atoms with Gasteiger partial charge in [-0.15, -0.1) is 11.8 Å². The van der Waals surface area contributed by atoms with E-state index in [1.807, 2.05) is 18.4 Å². The number of hydrogen-bond acceptors (Lipinski definition) is 5. The molecule has 1 aliphatic rings. The lowest BCUT2D eigenvalue weighted by Crippen LogP contribution is -2.37. The van der Waals surface area contributed by atoms with Crippen LogP contribution in [-0.2, 0) is 4.74 Å². The third-order valence-corrected chi connectivity index (χ3v) is 6.60. The molecule has 140 valence electrons. The Kier molecular flexibility index (Phi) is 5.68. The normalized spacial score (nSPS) is 16.7. The van der Waals surface area contributed by atoms with Gasteiger partial charge in [-0.25, -0.2) is 4.98 Å². The van der Waals surface area contributed by atoms with Gasteiger partial charge in [0.05, 0.1) is 22.9 Å². The minimum Gasteiger partial charge on any atom is -0.376 e. The third kappa shape index (κ3) is 3.99. The number of nitrogens with zero attached hydrogens (tertiary/aromatic N) is 2. The van der Waals surface area contributed by atoms with E-state index in [-0.39, 0.29) is 12.0 Å². The molecule has 1 atom stereocenters. The smallest absolute Gasteiger partial charge is 0.260 e. The predicted molar refractivity (Wildman–Crippen MR) is 114 cm³/mol. The van der Waals surface area contributed by atoms with Gasteiger partial charge in [-0.1, -0.05) is 35.1 Å². The fourth-order valence-electron chi connectivity index (χ4n) is 3.21. The number of anilines is 1. The van der Waals surface area contributed by atoms with Crippen LogP contribution in [0.1, 0.15) is 23.2 Å². The van der Waals surface area contributed by atoms with Crippen LogP contribution in [0.2, 0.25) is 5.02 Å². The Hall–Kier alpha value is -1.60. The molecule has 2 heterocycles. The summed E-state index contributed by atoms with van der Waals surface area (Å²) in [5.74, 6) is -0.0993. The Labute approximate surface area is 171 Å². The number of hydrogen-bond donors (Lipinski definition) is 0. The monoisotopic (exact) mass is 418 g/mol. The van der Waals surface area contributed by atoms with Crippen LogP contribution >= 0.6 is 34.7 Å². The summed E-state index contributed by atoms with van der Waals surface area (Å²) in [6.45, 7) is 1.25. The lowest BCUT2D eigenvalue weighted by atomic mass is 10.2. The lowest BCUT2D eigenvalue weighted by molar-refractivity contribution is 0.0917. The van der Waals surface area contributed by atoms with Gasteiger partial charge in [0.1, 0.15) is 0 Å². The van der Waals surface area contributed by atoms with Gasteiger partial charge < -0.3 is 4.74 Å². The fourth-order valence-corrected chi connectivity index (χ4v) is 5.03. The Morgan fingerprint density at radius 3 is 2.96 bits per heavy atom. The van der Waals surface area contributed by atoms with Crippen LogP contribution in [0.25, 0.3) is 10.2 Å². The van der Waals surface area contributed by atoms with E-state index < -0.39 is 0 Å². The molecule has 1 saturated heterocycles. The van der Waals surface area contributed by atoms with Gasteiger partial charge in [0.25, 0.3) is 5.91 Å². The van der Waals surface area contributed by atoms with Gasteiger partial charge in [-0.05, 0) is 49.4 Å². The zero-order valence-corrected chi connectivity index (χ0v) is 17.2. The maximum Gasteiger partial charge on any atom is 0.260 e. The number of para-hydroxylation sites is 1. The zero-order chi connectivity index (χ0) is 18.8. The summed E-state index contributed by atoms with van der Waals surface area (Å²) in [6.07, 6.45) is 4.07. The molecule has 0 bridgehead atoms. The molecule has 0 radical (unpaired) electrons. The van der Waals surface area contributed by atoms with Crippen molar-refractivity contribution in [3.8, 4) is 0 Å². The van der Waals surface area contributed by atoms with E-state index in [0.29, 0.717) is 22.3 Å². The highest BCUT2D eigenvalue weighted by atomic mass is 35.5. The number of rotatable bonds is 5. The first kappa shape index (κ1) is 18.7. The Morgan fingerprint density at radius 1 is 1.37 bits per heavy atom. The van der Waals surface area contributed by atoms with Crippen molar-refractivity contribution in [3.05, 3.63) is 53.1 Å². The van der Waals surface area contributed by atoms with Crippen molar-refractivity contribution in [3.63, 3.8) is 0 Å². The lowest BCUT2D eigenvalue weighted by Gasteiger charge is -2.23. The van der Waals surface area contributed by atoms with Crippen molar-refractivity contribution in [1.82, 2.24) is 4.98 Å². The van der Waals surface area contributed by atoms with E-state index in [4.69, 9.17) is 21.3 Å². The van der Waals surface area contributed by atoms with Gasteiger partial charge in [0.2, 0.25) is 0 Å².